The first kappa shape index (κ1) is 26.0. The summed E-state index contributed by atoms with van der Waals surface area (Å²) in [7, 11) is 0. The van der Waals surface area contributed by atoms with Gasteiger partial charge in [0.25, 0.3) is 0 Å². The molecule has 1 aliphatic rings. The molecule has 1 aromatic carbocycles. The first-order valence-electron chi connectivity index (χ1n) is 11.0. The molecule has 2 N–H and O–H groups in total. The maximum absolute atomic E-state index is 11.4. The van der Waals surface area contributed by atoms with Crippen LogP contribution >= 0.6 is 0 Å². The summed E-state index contributed by atoms with van der Waals surface area (Å²) in [6.45, 7) is 6.18. The smallest absolute Gasteiger partial charge is 0.305 e. The highest BCUT2D eigenvalue weighted by Crippen LogP contribution is 2.40. The Hall–Kier alpha value is -4.22. The molecule has 1 heterocycles. The highest BCUT2D eigenvalue weighted by atomic mass is 16.5. The zero-order valence-corrected chi connectivity index (χ0v) is 19.7. The Bertz CT molecular complexity index is 1120. The van der Waals surface area contributed by atoms with E-state index in [0.29, 0.717) is 36.6 Å². The number of hydrogen-bond acceptors (Lipinski definition) is 8. The molecule has 0 radical (unpaired) electrons. The van der Waals surface area contributed by atoms with Crippen molar-refractivity contribution in [2.24, 2.45) is 0 Å². The second-order valence-corrected chi connectivity index (χ2v) is 8.04. The number of esters is 1. The zero-order chi connectivity index (χ0) is 25.1. The van der Waals surface area contributed by atoms with Gasteiger partial charge in [0.05, 0.1) is 18.9 Å². The number of allylic oxidation sites excluding steroid dienone is 2. The van der Waals surface area contributed by atoms with Crippen LogP contribution in [0, 0.1) is 34.0 Å². The predicted molar refractivity (Wildman–Crippen MR) is 127 cm³/mol. The van der Waals surface area contributed by atoms with Gasteiger partial charge < -0.3 is 19.9 Å². The molecule has 8 nitrogen and oxygen atoms in total. The van der Waals surface area contributed by atoms with Gasteiger partial charge in [-0.3, -0.25) is 4.79 Å². The zero-order valence-electron chi connectivity index (χ0n) is 19.7. The summed E-state index contributed by atoms with van der Waals surface area (Å²) in [5, 5.41) is 28.0. The van der Waals surface area contributed by atoms with Gasteiger partial charge in [-0.1, -0.05) is 18.2 Å². The standard InChI is InChI=1S/C26H28N4O4/c1-4-32-24(31)8-6-5-7-13-33-23-14-18(10-12-22(23)30)9-11-21-20(17-29)25(19(15-27)16-28)34-26(21,2)3/h9-12,14H,4-8,13,30H2,1-3H3. The van der Waals surface area contributed by atoms with Gasteiger partial charge in [-0.05, 0) is 57.7 Å². The number of unbranched alkanes of at least 4 members (excludes halogenated alkanes) is 2. The quantitative estimate of drug-likeness (QED) is 0.229. The van der Waals surface area contributed by atoms with E-state index in [0.717, 1.165) is 24.8 Å². The van der Waals surface area contributed by atoms with Crippen LogP contribution in [0.1, 0.15) is 52.0 Å². The van der Waals surface area contributed by atoms with Gasteiger partial charge in [0.1, 0.15) is 35.1 Å². The highest BCUT2D eigenvalue weighted by molar-refractivity contribution is 5.69. The number of nitrogens with zero attached hydrogens (tertiary/aromatic N) is 3. The van der Waals surface area contributed by atoms with Crippen LogP contribution in [0.3, 0.4) is 0 Å². The number of ether oxygens (including phenoxy) is 3. The van der Waals surface area contributed by atoms with Crippen LogP contribution in [0.2, 0.25) is 0 Å². The number of hydrogen-bond donors (Lipinski definition) is 1. The van der Waals surface area contributed by atoms with Crippen molar-refractivity contribution in [2.45, 2.75) is 52.1 Å². The molecule has 0 spiro atoms. The van der Waals surface area contributed by atoms with Gasteiger partial charge in [0.2, 0.25) is 0 Å². The van der Waals surface area contributed by atoms with Crippen molar-refractivity contribution in [1.29, 1.82) is 15.8 Å². The van der Waals surface area contributed by atoms with Gasteiger partial charge >= 0.3 is 5.97 Å². The SMILES string of the molecule is CCOC(=O)CCCCCOc1cc(C=CC2=C(C#N)C(=C(C#N)C#N)OC2(C)C)ccc1N. The van der Waals surface area contributed by atoms with Crippen molar-refractivity contribution >= 4 is 17.7 Å². The van der Waals surface area contributed by atoms with E-state index in [9.17, 15) is 20.6 Å². The van der Waals surface area contributed by atoms with Crippen LogP contribution in [0.4, 0.5) is 5.69 Å². The number of nitrogens with two attached hydrogens (primary N) is 1. The fraction of sp³-hybridized carbons (Fsp3) is 0.385. The Labute approximate surface area is 200 Å². The van der Waals surface area contributed by atoms with E-state index in [2.05, 4.69) is 6.07 Å². The molecule has 8 heteroatoms. The molecule has 0 saturated heterocycles. The molecule has 2 rings (SSSR count). The number of benzene rings is 1. The number of carbonyl (C=O) groups excluding carboxylic acids is 1. The van der Waals surface area contributed by atoms with Gasteiger partial charge in [-0.25, -0.2) is 0 Å². The van der Waals surface area contributed by atoms with E-state index >= 15 is 0 Å². The van der Waals surface area contributed by atoms with Crippen molar-refractivity contribution in [1.82, 2.24) is 0 Å². The molecule has 0 saturated carbocycles. The third kappa shape index (κ3) is 6.64. The number of nitrogen functional groups attached to an aromatic ring is 1. The highest BCUT2D eigenvalue weighted by Gasteiger charge is 2.38. The van der Waals surface area contributed by atoms with Gasteiger partial charge in [-0.2, -0.15) is 15.8 Å². The third-order valence-corrected chi connectivity index (χ3v) is 5.13. The molecular formula is C26H28N4O4. The monoisotopic (exact) mass is 460 g/mol. The largest absolute Gasteiger partial charge is 0.491 e. The van der Waals surface area contributed by atoms with Crippen LogP contribution in [0.15, 0.2) is 46.8 Å². The van der Waals surface area contributed by atoms with Crippen LogP contribution < -0.4 is 10.5 Å². The van der Waals surface area contributed by atoms with Crippen molar-refractivity contribution < 1.29 is 19.0 Å². The number of nitriles is 3. The molecule has 1 aromatic rings. The molecule has 0 bridgehead atoms. The summed E-state index contributed by atoms with van der Waals surface area (Å²) in [5.74, 6) is 0.360. The molecule has 0 unspecified atom stereocenters. The van der Waals surface area contributed by atoms with E-state index in [1.54, 1.807) is 57.2 Å². The topological polar surface area (TPSA) is 142 Å². The maximum atomic E-state index is 11.4. The van der Waals surface area contributed by atoms with Crippen LogP contribution in [-0.4, -0.2) is 24.8 Å². The third-order valence-electron chi connectivity index (χ3n) is 5.13. The average Bonchev–Trinajstić information content (AvgIpc) is 3.06. The number of anilines is 1. The lowest BCUT2D eigenvalue weighted by Gasteiger charge is -2.20. The Morgan fingerprint density at radius 2 is 1.88 bits per heavy atom. The Balaban J connectivity index is 2.10. The minimum Gasteiger partial charge on any atom is -0.491 e. The molecule has 0 amide bonds. The molecule has 176 valence electrons. The minimum absolute atomic E-state index is 0.00133. The molecule has 0 atom stereocenters. The summed E-state index contributed by atoms with van der Waals surface area (Å²) in [6.07, 6.45) is 6.29. The lowest BCUT2D eigenvalue weighted by molar-refractivity contribution is -0.143. The van der Waals surface area contributed by atoms with E-state index in [1.165, 1.54) is 0 Å². The second kappa shape index (κ2) is 12.1. The number of carbonyl (C=O) groups is 1. The molecule has 34 heavy (non-hydrogen) atoms. The minimum atomic E-state index is -0.882. The Morgan fingerprint density at radius 3 is 2.53 bits per heavy atom. The van der Waals surface area contributed by atoms with E-state index in [4.69, 9.17) is 19.9 Å². The fourth-order valence-electron chi connectivity index (χ4n) is 3.40. The maximum Gasteiger partial charge on any atom is 0.305 e. The molecule has 0 aliphatic carbocycles. The molecule has 0 aromatic heterocycles. The van der Waals surface area contributed by atoms with Crippen molar-refractivity contribution in [3.63, 3.8) is 0 Å². The van der Waals surface area contributed by atoms with E-state index in [-0.39, 0.29) is 22.9 Å². The summed E-state index contributed by atoms with van der Waals surface area (Å²) >= 11 is 0. The Morgan fingerprint density at radius 1 is 1.15 bits per heavy atom. The van der Waals surface area contributed by atoms with Gasteiger partial charge in [0, 0.05) is 12.0 Å². The first-order chi connectivity index (χ1) is 16.3. The van der Waals surface area contributed by atoms with E-state index < -0.39 is 5.60 Å². The molecule has 0 fully saturated rings. The first-order valence-corrected chi connectivity index (χ1v) is 11.0. The molecular weight excluding hydrogens is 432 g/mol. The fourth-order valence-corrected chi connectivity index (χ4v) is 3.40. The van der Waals surface area contributed by atoms with E-state index in [1.807, 2.05) is 6.07 Å². The lowest BCUT2D eigenvalue weighted by Crippen LogP contribution is -2.20. The summed E-state index contributed by atoms with van der Waals surface area (Å²) < 4.78 is 16.5. The second-order valence-electron chi connectivity index (χ2n) is 8.04. The van der Waals surface area contributed by atoms with Crippen molar-refractivity contribution in [3.8, 4) is 24.0 Å². The Kier molecular flexibility index (Phi) is 9.29. The average molecular weight is 461 g/mol. The van der Waals surface area contributed by atoms with Gasteiger partial charge in [-0.15, -0.1) is 0 Å². The van der Waals surface area contributed by atoms with Crippen molar-refractivity contribution in [3.05, 3.63) is 52.3 Å². The van der Waals surface area contributed by atoms with Crippen LogP contribution in [0.5, 0.6) is 5.75 Å². The van der Waals surface area contributed by atoms with Crippen LogP contribution in [-0.2, 0) is 14.3 Å². The van der Waals surface area contributed by atoms with Gasteiger partial charge in [0.15, 0.2) is 11.3 Å². The predicted octanol–water partition coefficient (Wildman–Crippen LogP) is 4.71. The summed E-state index contributed by atoms with van der Waals surface area (Å²) in [5.41, 5.74) is 6.94. The normalized spacial score (nSPS) is 14.2. The van der Waals surface area contributed by atoms with Crippen LogP contribution in [0.25, 0.3) is 6.08 Å². The summed E-state index contributed by atoms with van der Waals surface area (Å²) in [4.78, 5) is 11.4. The number of rotatable bonds is 10. The molecule has 1 aliphatic heterocycles. The summed E-state index contributed by atoms with van der Waals surface area (Å²) in [6, 6.07) is 11.0. The van der Waals surface area contributed by atoms with Crippen molar-refractivity contribution in [2.75, 3.05) is 18.9 Å². The lowest BCUT2D eigenvalue weighted by atomic mass is 9.94.